The van der Waals surface area contributed by atoms with E-state index in [2.05, 4.69) is 5.32 Å². The van der Waals surface area contributed by atoms with Crippen LogP contribution in [0.3, 0.4) is 0 Å². The van der Waals surface area contributed by atoms with Crippen LogP contribution in [0.15, 0.2) is 66.0 Å². The average Bonchev–Trinajstić information content (AvgIpc) is 3.52. The van der Waals surface area contributed by atoms with Crippen LogP contribution in [-0.4, -0.2) is 25.0 Å². The number of anilines is 1. The first-order valence-corrected chi connectivity index (χ1v) is 12.3. The van der Waals surface area contributed by atoms with Crippen molar-refractivity contribution in [1.29, 1.82) is 0 Å². The van der Waals surface area contributed by atoms with E-state index in [-0.39, 0.29) is 24.3 Å². The molecule has 33 heavy (non-hydrogen) atoms. The van der Waals surface area contributed by atoms with E-state index in [1.54, 1.807) is 23.3 Å². The fourth-order valence-electron chi connectivity index (χ4n) is 4.37. The van der Waals surface area contributed by atoms with Crippen LogP contribution in [0.5, 0.6) is 5.75 Å². The zero-order valence-corrected chi connectivity index (χ0v) is 19.9. The number of ether oxygens (including phenoxy) is 1. The lowest BCUT2D eigenvalue weighted by atomic mass is 10.0. The molecule has 1 fully saturated rings. The van der Waals surface area contributed by atoms with Crippen molar-refractivity contribution >= 4 is 28.8 Å². The number of rotatable bonds is 8. The molecule has 172 valence electrons. The first-order valence-electron chi connectivity index (χ1n) is 11.4. The van der Waals surface area contributed by atoms with Crippen LogP contribution >= 0.6 is 11.3 Å². The molecule has 0 spiro atoms. The lowest BCUT2D eigenvalue weighted by Crippen LogP contribution is -2.46. The minimum Gasteiger partial charge on any atom is -0.497 e. The first kappa shape index (κ1) is 23.1. The van der Waals surface area contributed by atoms with Gasteiger partial charge in [0.2, 0.25) is 11.8 Å². The summed E-state index contributed by atoms with van der Waals surface area (Å²) in [5, 5.41) is 5.18. The molecule has 1 aliphatic carbocycles. The predicted molar refractivity (Wildman–Crippen MR) is 133 cm³/mol. The van der Waals surface area contributed by atoms with Gasteiger partial charge >= 0.3 is 0 Å². The molecule has 0 aliphatic heterocycles. The van der Waals surface area contributed by atoms with Crippen LogP contribution in [0.1, 0.15) is 47.7 Å². The van der Waals surface area contributed by atoms with Gasteiger partial charge in [0.1, 0.15) is 11.8 Å². The predicted octanol–water partition coefficient (Wildman–Crippen LogP) is 5.44. The van der Waals surface area contributed by atoms with E-state index in [0.717, 1.165) is 41.7 Å². The molecule has 1 N–H and O–H groups in total. The zero-order chi connectivity index (χ0) is 23.2. The standard InChI is InChI=1S/C27H30N2O3S/c1-19-12-14-22(15-13-19)29(25(30)18-24-11-6-16-33-24)26(20-7-5-10-23(17-20)32-2)27(31)28-21-8-3-4-9-21/h5-7,10-17,21,26H,3-4,8-9,18H2,1-2H3,(H,28,31). The monoisotopic (exact) mass is 462 g/mol. The molecule has 0 radical (unpaired) electrons. The summed E-state index contributed by atoms with van der Waals surface area (Å²) in [4.78, 5) is 30.1. The number of hydrogen-bond acceptors (Lipinski definition) is 4. The summed E-state index contributed by atoms with van der Waals surface area (Å²) >= 11 is 1.55. The van der Waals surface area contributed by atoms with Gasteiger partial charge in [0.15, 0.2) is 0 Å². The molecule has 4 rings (SSSR count). The molecule has 1 aliphatic rings. The maximum atomic E-state index is 13.7. The topological polar surface area (TPSA) is 58.6 Å². The Morgan fingerprint density at radius 1 is 1.09 bits per heavy atom. The number of aryl methyl sites for hydroxylation is 1. The number of nitrogens with zero attached hydrogens (tertiary/aromatic N) is 1. The molecule has 1 atom stereocenters. The Balaban J connectivity index is 1.77. The molecule has 5 nitrogen and oxygen atoms in total. The Labute approximate surface area is 199 Å². The highest BCUT2D eigenvalue weighted by Crippen LogP contribution is 2.32. The van der Waals surface area contributed by atoms with Gasteiger partial charge in [-0.15, -0.1) is 11.3 Å². The molecule has 1 aromatic heterocycles. The number of amides is 2. The lowest BCUT2D eigenvalue weighted by molar-refractivity contribution is -0.127. The number of carbonyl (C=O) groups is 2. The molecular weight excluding hydrogens is 432 g/mol. The molecule has 6 heteroatoms. The molecular formula is C27H30N2O3S. The van der Waals surface area contributed by atoms with Gasteiger partial charge in [0, 0.05) is 16.6 Å². The van der Waals surface area contributed by atoms with E-state index in [0.29, 0.717) is 11.4 Å². The van der Waals surface area contributed by atoms with Crippen LogP contribution in [-0.2, 0) is 16.0 Å². The van der Waals surface area contributed by atoms with E-state index in [4.69, 9.17) is 4.74 Å². The minimum atomic E-state index is -0.795. The van der Waals surface area contributed by atoms with Crippen molar-refractivity contribution in [2.24, 2.45) is 0 Å². The van der Waals surface area contributed by atoms with Crippen LogP contribution in [0, 0.1) is 6.92 Å². The minimum absolute atomic E-state index is 0.115. The summed E-state index contributed by atoms with van der Waals surface area (Å²) in [6.45, 7) is 2.01. The van der Waals surface area contributed by atoms with Gasteiger partial charge in [0.25, 0.3) is 0 Å². The van der Waals surface area contributed by atoms with Crippen LogP contribution in [0.25, 0.3) is 0 Å². The Hall–Kier alpha value is -3.12. The van der Waals surface area contributed by atoms with Crippen LogP contribution < -0.4 is 15.0 Å². The van der Waals surface area contributed by atoms with Gasteiger partial charge in [-0.25, -0.2) is 0 Å². The fourth-order valence-corrected chi connectivity index (χ4v) is 5.07. The van der Waals surface area contributed by atoms with Crippen molar-refractivity contribution in [3.63, 3.8) is 0 Å². The molecule has 1 heterocycles. The third kappa shape index (κ3) is 5.63. The second kappa shape index (κ2) is 10.7. The highest BCUT2D eigenvalue weighted by atomic mass is 32.1. The third-order valence-electron chi connectivity index (χ3n) is 6.10. The van der Waals surface area contributed by atoms with Crippen molar-refractivity contribution in [1.82, 2.24) is 5.32 Å². The molecule has 1 unspecified atom stereocenters. The zero-order valence-electron chi connectivity index (χ0n) is 19.1. The number of nitrogens with one attached hydrogen (secondary N) is 1. The molecule has 2 aromatic carbocycles. The largest absolute Gasteiger partial charge is 0.497 e. The Morgan fingerprint density at radius 3 is 2.52 bits per heavy atom. The number of benzene rings is 2. The van der Waals surface area contributed by atoms with Gasteiger partial charge < -0.3 is 10.1 Å². The van der Waals surface area contributed by atoms with E-state index >= 15 is 0 Å². The third-order valence-corrected chi connectivity index (χ3v) is 6.98. The average molecular weight is 463 g/mol. The van der Waals surface area contributed by atoms with Gasteiger partial charge in [-0.1, -0.05) is 48.7 Å². The maximum absolute atomic E-state index is 13.7. The Morgan fingerprint density at radius 2 is 1.85 bits per heavy atom. The Kier molecular flexibility index (Phi) is 7.45. The van der Waals surface area contributed by atoms with Gasteiger partial charge in [-0.2, -0.15) is 0 Å². The quantitative estimate of drug-likeness (QED) is 0.485. The normalized spacial score (nSPS) is 14.6. The number of hydrogen-bond donors (Lipinski definition) is 1. The summed E-state index contributed by atoms with van der Waals surface area (Å²) < 4.78 is 5.43. The summed E-state index contributed by atoms with van der Waals surface area (Å²) in [7, 11) is 1.60. The summed E-state index contributed by atoms with van der Waals surface area (Å²) in [5.41, 5.74) is 2.53. The number of thiophene rings is 1. The SMILES string of the molecule is COc1cccc(C(C(=O)NC2CCCC2)N(C(=O)Cc2cccs2)c2ccc(C)cc2)c1. The van der Waals surface area contributed by atoms with E-state index in [1.807, 2.05) is 73.0 Å². The Bertz CT molecular complexity index is 1070. The van der Waals surface area contributed by atoms with Crippen molar-refractivity contribution < 1.29 is 14.3 Å². The maximum Gasteiger partial charge on any atom is 0.248 e. The smallest absolute Gasteiger partial charge is 0.248 e. The molecule has 1 saturated carbocycles. The van der Waals surface area contributed by atoms with Gasteiger partial charge in [-0.05, 0) is 61.0 Å². The second-order valence-electron chi connectivity index (χ2n) is 8.52. The fraction of sp³-hybridized carbons (Fsp3) is 0.333. The lowest BCUT2D eigenvalue weighted by Gasteiger charge is -2.32. The summed E-state index contributed by atoms with van der Waals surface area (Å²) in [6, 6.07) is 18.5. The molecule has 0 bridgehead atoms. The molecule has 3 aromatic rings. The van der Waals surface area contributed by atoms with Crippen molar-refractivity contribution in [3.05, 3.63) is 82.0 Å². The molecule has 2 amide bonds. The highest BCUT2D eigenvalue weighted by molar-refractivity contribution is 7.10. The van der Waals surface area contributed by atoms with E-state index in [1.165, 1.54) is 0 Å². The van der Waals surface area contributed by atoms with Crippen molar-refractivity contribution in [3.8, 4) is 5.75 Å². The summed E-state index contributed by atoms with van der Waals surface area (Å²) in [6.07, 6.45) is 4.43. The van der Waals surface area contributed by atoms with E-state index < -0.39 is 6.04 Å². The highest BCUT2D eigenvalue weighted by Gasteiger charge is 2.34. The van der Waals surface area contributed by atoms with Crippen molar-refractivity contribution in [2.75, 3.05) is 12.0 Å². The molecule has 0 saturated heterocycles. The van der Waals surface area contributed by atoms with Crippen LogP contribution in [0.2, 0.25) is 0 Å². The first-order chi connectivity index (χ1) is 16.0. The van der Waals surface area contributed by atoms with Gasteiger partial charge in [0.05, 0.1) is 13.5 Å². The second-order valence-corrected chi connectivity index (χ2v) is 9.56. The van der Waals surface area contributed by atoms with Crippen LogP contribution in [0.4, 0.5) is 5.69 Å². The number of carbonyl (C=O) groups excluding carboxylic acids is 2. The van der Waals surface area contributed by atoms with E-state index in [9.17, 15) is 9.59 Å². The van der Waals surface area contributed by atoms with Crippen molar-refractivity contribution in [2.45, 2.75) is 51.1 Å². The van der Waals surface area contributed by atoms with Gasteiger partial charge in [-0.3, -0.25) is 14.5 Å². The summed E-state index contributed by atoms with van der Waals surface area (Å²) in [5.74, 6) is 0.381. The number of methoxy groups -OCH3 is 1.